The van der Waals surface area contributed by atoms with Gasteiger partial charge >= 0.3 is 0 Å². The Labute approximate surface area is 283 Å². The summed E-state index contributed by atoms with van der Waals surface area (Å²) < 4.78 is 11.6. The Morgan fingerprint density at radius 2 is 1.22 bits per heavy atom. The molecule has 4 aromatic rings. The molecule has 2 aliphatic heterocycles. The van der Waals surface area contributed by atoms with E-state index < -0.39 is 87.6 Å². The van der Waals surface area contributed by atoms with Crippen LogP contribution in [0.2, 0.25) is 0 Å². The van der Waals surface area contributed by atoms with Crippen LogP contribution in [0.15, 0.2) is 36.4 Å². The average Bonchev–Trinajstić information content (AvgIpc) is 3.05. The Balaban J connectivity index is 1.44. The first-order valence-electron chi connectivity index (χ1n) is 15.5. The Hall–Kier alpha value is -5.93. The van der Waals surface area contributed by atoms with Gasteiger partial charge in [-0.1, -0.05) is 0 Å². The third-order valence-electron chi connectivity index (χ3n) is 9.27. The summed E-state index contributed by atoms with van der Waals surface area (Å²) in [7, 11) is 0. The second-order valence-electron chi connectivity index (χ2n) is 12.3. The van der Waals surface area contributed by atoms with Crippen LogP contribution < -0.4 is 9.47 Å². The van der Waals surface area contributed by atoms with Gasteiger partial charge in [-0.15, -0.1) is 0 Å². The lowest BCUT2D eigenvalue weighted by Gasteiger charge is -2.34. The normalized spacial score (nSPS) is 20.2. The van der Waals surface area contributed by atoms with Crippen molar-refractivity contribution >= 4 is 6.29 Å². The number of carbonyl (C=O) groups is 1. The van der Waals surface area contributed by atoms with Crippen LogP contribution in [-0.4, -0.2) is 80.3 Å². The number of aromatic hydroxyl groups is 10. The molecule has 6 rings (SSSR count). The number of aliphatic hydroxyl groups is 2. The molecule has 0 bridgehead atoms. The van der Waals surface area contributed by atoms with E-state index in [4.69, 9.17) is 9.47 Å². The molecule has 15 heteroatoms. The number of aliphatic hydroxyl groups excluding tert-OH is 2. The minimum atomic E-state index is -1.55. The smallest absolute Gasteiger partial charge is 0.200 e. The molecule has 15 nitrogen and oxygen atoms in total. The van der Waals surface area contributed by atoms with Gasteiger partial charge in [0.1, 0.15) is 40.8 Å². The summed E-state index contributed by atoms with van der Waals surface area (Å²) >= 11 is 0. The van der Waals surface area contributed by atoms with E-state index in [0.29, 0.717) is 6.29 Å². The van der Waals surface area contributed by atoms with Crippen molar-refractivity contribution in [2.75, 3.05) is 6.61 Å². The lowest BCUT2D eigenvalue weighted by molar-refractivity contribution is -0.107. The van der Waals surface area contributed by atoms with Crippen LogP contribution in [0.3, 0.4) is 0 Å². The fraction of sp³-hybridized carbons (Fsp3) is 0.286. The van der Waals surface area contributed by atoms with E-state index in [9.17, 15) is 66.1 Å². The van der Waals surface area contributed by atoms with Crippen LogP contribution in [0.5, 0.6) is 69.0 Å². The van der Waals surface area contributed by atoms with Gasteiger partial charge in [0.2, 0.25) is 0 Å². The van der Waals surface area contributed by atoms with Crippen molar-refractivity contribution < 1.29 is 75.5 Å². The van der Waals surface area contributed by atoms with E-state index in [-0.39, 0.29) is 77.2 Å². The second kappa shape index (κ2) is 12.8. The van der Waals surface area contributed by atoms with Crippen molar-refractivity contribution in [3.63, 3.8) is 0 Å². The Kier molecular flexibility index (Phi) is 8.71. The van der Waals surface area contributed by atoms with Gasteiger partial charge in [0, 0.05) is 59.1 Å². The highest BCUT2D eigenvalue weighted by Gasteiger charge is 2.40. The topological polar surface area (TPSA) is 278 Å². The summed E-state index contributed by atoms with van der Waals surface area (Å²) in [5.74, 6) is -8.95. The molecule has 5 atom stereocenters. The molecular formula is C35H34O15. The van der Waals surface area contributed by atoms with Crippen molar-refractivity contribution in [2.45, 2.75) is 55.8 Å². The monoisotopic (exact) mass is 694 g/mol. The van der Waals surface area contributed by atoms with Crippen molar-refractivity contribution in [1.29, 1.82) is 0 Å². The minimum absolute atomic E-state index is 0.0291. The molecule has 4 aromatic carbocycles. The summed E-state index contributed by atoms with van der Waals surface area (Å²) in [5, 5.41) is 128. The number of hydrogen-bond donors (Lipinski definition) is 12. The van der Waals surface area contributed by atoms with Crippen LogP contribution in [0.4, 0.5) is 0 Å². The van der Waals surface area contributed by atoms with Crippen LogP contribution in [0.25, 0.3) is 0 Å². The fourth-order valence-electron chi connectivity index (χ4n) is 6.79. The number of benzene rings is 4. The summed E-state index contributed by atoms with van der Waals surface area (Å²) in [6, 6.07) is 6.63. The molecule has 2 aliphatic rings. The molecular weight excluding hydrogens is 660 g/mol. The van der Waals surface area contributed by atoms with Gasteiger partial charge in [0.15, 0.2) is 40.6 Å². The summed E-state index contributed by atoms with van der Waals surface area (Å²) in [5.41, 5.74) is -0.393. The zero-order chi connectivity index (χ0) is 36.2. The molecule has 264 valence electrons. The number of phenols is 10. The molecule has 0 aliphatic carbocycles. The molecule has 2 heterocycles. The SMILES string of the molecule is O=CCCCC(c1c(O)cc2c(c1O)CC(O)C(c1cc(O)c(O)c(O)c1)O2)c1c(O)cc2c(c1O)C(O)C(c1cc(O)c(O)c(O)c1)CO2. The number of carbonyl (C=O) groups excluding carboxylic acids is 1. The number of ether oxygens (including phenoxy) is 2. The number of phenolic OH excluding ortho intramolecular Hbond substituents is 10. The van der Waals surface area contributed by atoms with Crippen molar-refractivity contribution in [1.82, 2.24) is 0 Å². The van der Waals surface area contributed by atoms with Gasteiger partial charge in [-0.05, 0) is 42.7 Å². The molecule has 5 unspecified atom stereocenters. The number of unbranched alkanes of at least 4 members (excludes halogenated alkanes) is 1. The Morgan fingerprint density at radius 1 is 0.680 bits per heavy atom. The van der Waals surface area contributed by atoms with Gasteiger partial charge in [-0.2, -0.15) is 0 Å². The number of fused-ring (bicyclic) bond motifs is 2. The third kappa shape index (κ3) is 5.65. The maximum Gasteiger partial charge on any atom is 0.200 e. The molecule has 0 fully saturated rings. The maximum absolute atomic E-state index is 11.7. The zero-order valence-corrected chi connectivity index (χ0v) is 26.1. The molecule has 0 saturated carbocycles. The molecule has 0 saturated heterocycles. The quantitative estimate of drug-likeness (QED) is 0.0714. The van der Waals surface area contributed by atoms with E-state index in [2.05, 4.69) is 0 Å². The van der Waals surface area contributed by atoms with Crippen molar-refractivity contribution in [2.24, 2.45) is 0 Å². The zero-order valence-electron chi connectivity index (χ0n) is 26.1. The predicted molar refractivity (Wildman–Crippen MR) is 170 cm³/mol. The minimum Gasteiger partial charge on any atom is -0.507 e. The largest absolute Gasteiger partial charge is 0.507 e. The summed E-state index contributed by atoms with van der Waals surface area (Å²) in [6.45, 7) is -0.224. The van der Waals surface area contributed by atoms with E-state index >= 15 is 0 Å². The first-order chi connectivity index (χ1) is 23.7. The van der Waals surface area contributed by atoms with Crippen molar-refractivity contribution in [3.8, 4) is 69.0 Å². The predicted octanol–water partition coefficient (Wildman–Crippen LogP) is 3.49. The number of aldehydes is 1. The third-order valence-corrected chi connectivity index (χ3v) is 9.27. The lowest BCUT2D eigenvalue weighted by atomic mass is 9.79. The van der Waals surface area contributed by atoms with Gasteiger partial charge in [-0.25, -0.2) is 0 Å². The van der Waals surface area contributed by atoms with Gasteiger partial charge < -0.3 is 75.5 Å². The first kappa shape index (κ1) is 34.0. The van der Waals surface area contributed by atoms with Crippen LogP contribution in [-0.2, 0) is 11.2 Å². The molecule has 50 heavy (non-hydrogen) atoms. The maximum atomic E-state index is 11.7. The average molecular weight is 695 g/mol. The highest BCUT2D eigenvalue weighted by atomic mass is 16.5. The van der Waals surface area contributed by atoms with Crippen LogP contribution in [0, 0.1) is 0 Å². The highest BCUT2D eigenvalue weighted by molar-refractivity contribution is 5.67. The van der Waals surface area contributed by atoms with Crippen LogP contribution in [0.1, 0.15) is 76.7 Å². The van der Waals surface area contributed by atoms with E-state index in [1.165, 1.54) is 0 Å². The molecule has 12 N–H and O–H groups in total. The molecule has 0 amide bonds. The summed E-state index contributed by atoms with van der Waals surface area (Å²) in [4.78, 5) is 11.2. The lowest BCUT2D eigenvalue weighted by Crippen LogP contribution is -2.30. The van der Waals surface area contributed by atoms with Crippen LogP contribution >= 0.6 is 0 Å². The Morgan fingerprint density at radius 3 is 1.80 bits per heavy atom. The van der Waals surface area contributed by atoms with E-state index in [1.54, 1.807) is 0 Å². The molecule has 0 spiro atoms. The first-order valence-corrected chi connectivity index (χ1v) is 15.5. The number of rotatable bonds is 8. The van der Waals surface area contributed by atoms with Crippen molar-refractivity contribution in [3.05, 3.63) is 69.8 Å². The van der Waals surface area contributed by atoms with Gasteiger partial charge in [0.25, 0.3) is 0 Å². The van der Waals surface area contributed by atoms with E-state index in [0.717, 1.165) is 36.4 Å². The molecule has 0 radical (unpaired) electrons. The molecule has 0 aromatic heterocycles. The van der Waals surface area contributed by atoms with Gasteiger partial charge in [-0.3, -0.25) is 0 Å². The van der Waals surface area contributed by atoms with Gasteiger partial charge in [0.05, 0.1) is 24.4 Å². The Bertz CT molecular complexity index is 1940. The summed E-state index contributed by atoms with van der Waals surface area (Å²) in [6.07, 6.45) is -3.62. The van der Waals surface area contributed by atoms with E-state index in [1.807, 2.05) is 0 Å². The standard InChI is InChI=1S/C35H34O15/c36-4-2-1-3-15(27-18(37)10-25-16(30(27)44)9-24(43)35(50-25)14-7-22(41)33(47)23(42)8-14)28-19(38)11-26-29(34(28)48)31(45)17(12-49-26)13-5-20(39)32(46)21(40)6-13/h4-8,10-11,15,17,24,31,35,37-48H,1-3,9,12H2. The number of hydrogen-bond acceptors (Lipinski definition) is 15. The fourth-order valence-corrected chi connectivity index (χ4v) is 6.79. The second-order valence-corrected chi connectivity index (χ2v) is 12.3. The highest BCUT2D eigenvalue weighted by Crippen LogP contribution is 2.56.